The van der Waals surface area contributed by atoms with E-state index < -0.39 is 18.2 Å². The third-order valence-electron chi connectivity index (χ3n) is 5.07. The molecule has 1 aliphatic carbocycles. The lowest BCUT2D eigenvalue weighted by atomic mass is 9.98. The summed E-state index contributed by atoms with van der Waals surface area (Å²) >= 11 is 0. The molecule has 0 bridgehead atoms. The van der Waals surface area contributed by atoms with Crippen molar-refractivity contribution in [1.29, 1.82) is 0 Å². The van der Waals surface area contributed by atoms with Crippen molar-refractivity contribution in [1.82, 2.24) is 5.32 Å². The smallest absolute Gasteiger partial charge is 0.407 e. The number of hydrogen-bond donors (Lipinski definition) is 2. The van der Waals surface area contributed by atoms with Crippen LogP contribution in [0.2, 0.25) is 0 Å². The quantitative estimate of drug-likeness (QED) is 0.622. The van der Waals surface area contributed by atoms with E-state index in [2.05, 4.69) is 17.4 Å². The molecule has 1 unspecified atom stereocenters. The molecule has 0 radical (unpaired) electrons. The van der Waals surface area contributed by atoms with Crippen LogP contribution >= 0.6 is 0 Å². The number of carboxylic acid groups (broad SMARTS) is 1. The molecule has 0 spiro atoms. The highest BCUT2D eigenvalue weighted by Gasteiger charge is 2.29. The summed E-state index contributed by atoms with van der Waals surface area (Å²) in [4.78, 5) is 23.7. The molecule has 2 N–H and O–H groups in total. The zero-order valence-corrected chi connectivity index (χ0v) is 16.2. The Kier molecular flexibility index (Phi) is 5.66. The molecule has 3 aromatic rings. The van der Waals surface area contributed by atoms with Gasteiger partial charge in [-0.2, -0.15) is 0 Å². The highest BCUT2D eigenvalue weighted by Crippen LogP contribution is 2.44. The third kappa shape index (κ3) is 4.12. The van der Waals surface area contributed by atoms with Crippen molar-refractivity contribution in [2.24, 2.45) is 0 Å². The second kappa shape index (κ2) is 8.69. The van der Waals surface area contributed by atoms with Crippen LogP contribution in [0.25, 0.3) is 11.1 Å². The molecule has 1 atom stereocenters. The van der Waals surface area contributed by atoms with Gasteiger partial charge in [-0.15, -0.1) is 0 Å². The number of ether oxygens (including phenoxy) is 2. The van der Waals surface area contributed by atoms with Gasteiger partial charge in [-0.1, -0.05) is 66.7 Å². The first-order chi connectivity index (χ1) is 14.6. The van der Waals surface area contributed by atoms with Crippen molar-refractivity contribution >= 4 is 12.1 Å². The van der Waals surface area contributed by atoms with Crippen LogP contribution in [0, 0.1) is 0 Å². The third-order valence-corrected chi connectivity index (χ3v) is 5.07. The van der Waals surface area contributed by atoms with Crippen molar-refractivity contribution in [3.63, 3.8) is 0 Å². The minimum Gasteiger partial charge on any atom is -0.478 e. The highest BCUT2D eigenvalue weighted by atomic mass is 16.6. The standard InChI is InChI=1S/C24H21NO5/c26-23(27)22(30-16-8-2-1-3-9-16)14-25-24(28)29-15-21-19-12-6-4-10-17(19)18-11-5-7-13-20(18)21/h1-13,21-22H,14-15H2,(H,25,28)(H,26,27). The van der Waals surface area contributed by atoms with Crippen LogP contribution in [0.5, 0.6) is 5.75 Å². The van der Waals surface area contributed by atoms with E-state index in [0.29, 0.717) is 5.75 Å². The largest absolute Gasteiger partial charge is 0.478 e. The van der Waals surface area contributed by atoms with E-state index in [1.807, 2.05) is 36.4 Å². The number of carbonyl (C=O) groups excluding carboxylic acids is 1. The fourth-order valence-corrected chi connectivity index (χ4v) is 3.67. The molecule has 1 amide bonds. The maximum Gasteiger partial charge on any atom is 0.407 e. The number of rotatable bonds is 7. The molecule has 6 heteroatoms. The molecule has 30 heavy (non-hydrogen) atoms. The molecule has 1 aliphatic rings. The molecular weight excluding hydrogens is 382 g/mol. The minimum atomic E-state index is -1.21. The molecule has 6 nitrogen and oxygen atoms in total. The second-order valence-corrected chi connectivity index (χ2v) is 6.96. The van der Waals surface area contributed by atoms with E-state index in [1.54, 1.807) is 30.3 Å². The van der Waals surface area contributed by atoms with E-state index in [-0.39, 0.29) is 19.1 Å². The Balaban J connectivity index is 1.36. The van der Waals surface area contributed by atoms with Gasteiger partial charge in [0.2, 0.25) is 6.10 Å². The highest BCUT2D eigenvalue weighted by molar-refractivity contribution is 5.79. The van der Waals surface area contributed by atoms with Gasteiger partial charge < -0.3 is 19.9 Å². The van der Waals surface area contributed by atoms with E-state index in [1.165, 1.54) is 0 Å². The summed E-state index contributed by atoms with van der Waals surface area (Å²) in [5, 5.41) is 11.8. The van der Waals surface area contributed by atoms with Crippen LogP contribution in [0.3, 0.4) is 0 Å². The van der Waals surface area contributed by atoms with Crippen LogP contribution in [0.4, 0.5) is 4.79 Å². The van der Waals surface area contributed by atoms with Gasteiger partial charge in [0, 0.05) is 5.92 Å². The lowest BCUT2D eigenvalue weighted by molar-refractivity contribution is -0.144. The molecule has 0 fully saturated rings. The lowest BCUT2D eigenvalue weighted by Crippen LogP contribution is -2.40. The lowest BCUT2D eigenvalue weighted by Gasteiger charge is -2.17. The molecule has 0 aromatic heterocycles. The summed E-state index contributed by atoms with van der Waals surface area (Å²) in [5.74, 6) is -0.809. The Morgan fingerprint density at radius 3 is 2.03 bits per heavy atom. The summed E-state index contributed by atoms with van der Waals surface area (Å²) < 4.78 is 10.8. The van der Waals surface area contributed by atoms with Crippen molar-refractivity contribution in [2.45, 2.75) is 12.0 Å². The molecular formula is C24H21NO5. The Morgan fingerprint density at radius 2 is 1.43 bits per heavy atom. The van der Waals surface area contributed by atoms with Gasteiger partial charge in [-0.25, -0.2) is 9.59 Å². The number of carboxylic acids is 1. The first-order valence-corrected chi connectivity index (χ1v) is 9.67. The molecule has 4 rings (SSSR count). The van der Waals surface area contributed by atoms with Crippen molar-refractivity contribution in [3.8, 4) is 16.9 Å². The van der Waals surface area contributed by atoms with Crippen molar-refractivity contribution < 1.29 is 24.2 Å². The average Bonchev–Trinajstić information content (AvgIpc) is 3.09. The van der Waals surface area contributed by atoms with Crippen LogP contribution in [-0.2, 0) is 9.53 Å². The number of alkyl carbamates (subject to hydrolysis) is 1. The molecule has 0 saturated carbocycles. The fraction of sp³-hybridized carbons (Fsp3) is 0.167. The number of fused-ring (bicyclic) bond motifs is 3. The van der Waals surface area contributed by atoms with Gasteiger partial charge >= 0.3 is 12.1 Å². The van der Waals surface area contributed by atoms with Gasteiger partial charge in [0.15, 0.2) is 0 Å². The number of nitrogens with one attached hydrogen (secondary N) is 1. The Morgan fingerprint density at radius 1 is 0.867 bits per heavy atom. The van der Waals surface area contributed by atoms with E-state index >= 15 is 0 Å². The normalized spacial score (nSPS) is 13.1. The monoisotopic (exact) mass is 403 g/mol. The summed E-state index contributed by atoms with van der Waals surface area (Å²) in [6.07, 6.45) is -1.90. The topological polar surface area (TPSA) is 84.9 Å². The maximum absolute atomic E-state index is 12.2. The Hall–Kier alpha value is -3.80. The predicted molar refractivity (Wildman–Crippen MR) is 112 cm³/mol. The van der Waals surface area contributed by atoms with Crippen LogP contribution in [-0.4, -0.2) is 36.4 Å². The van der Waals surface area contributed by atoms with E-state index in [4.69, 9.17) is 9.47 Å². The molecule has 0 heterocycles. The number of amides is 1. The number of hydrogen-bond acceptors (Lipinski definition) is 4. The molecule has 152 valence electrons. The zero-order chi connectivity index (χ0) is 20.9. The predicted octanol–water partition coefficient (Wildman–Crippen LogP) is 4.06. The molecule has 0 saturated heterocycles. The summed E-state index contributed by atoms with van der Waals surface area (Å²) in [7, 11) is 0. The summed E-state index contributed by atoms with van der Waals surface area (Å²) in [6.45, 7) is -0.0436. The fourth-order valence-electron chi connectivity index (χ4n) is 3.67. The summed E-state index contributed by atoms with van der Waals surface area (Å²) in [5.41, 5.74) is 4.51. The maximum atomic E-state index is 12.2. The van der Waals surface area contributed by atoms with Crippen LogP contribution < -0.4 is 10.1 Å². The van der Waals surface area contributed by atoms with Gasteiger partial charge in [0.25, 0.3) is 0 Å². The number of para-hydroxylation sites is 1. The molecule has 3 aromatic carbocycles. The number of carbonyl (C=O) groups is 2. The Bertz CT molecular complexity index is 1000. The minimum absolute atomic E-state index is 0.0565. The average molecular weight is 403 g/mol. The van der Waals surface area contributed by atoms with E-state index in [0.717, 1.165) is 22.3 Å². The molecule has 0 aliphatic heterocycles. The number of aliphatic carboxylic acids is 1. The number of benzene rings is 3. The van der Waals surface area contributed by atoms with Crippen LogP contribution in [0.15, 0.2) is 78.9 Å². The van der Waals surface area contributed by atoms with Crippen molar-refractivity contribution in [2.75, 3.05) is 13.2 Å². The van der Waals surface area contributed by atoms with Gasteiger partial charge in [0.05, 0.1) is 6.54 Å². The second-order valence-electron chi connectivity index (χ2n) is 6.96. The van der Waals surface area contributed by atoms with Gasteiger partial charge in [-0.3, -0.25) is 0 Å². The van der Waals surface area contributed by atoms with Crippen LogP contribution in [0.1, 0.15) is 17.0 Å². The first kappa shape index (κ1) is 19.5. The van der Waals surface area contributed by atoms with Gasteiger partial charge in [-0.05, 0) is 34.4 Å². The SMILES string of the molecule is O=C(NCC(Oc1ccccc1)C(=O)O)OCC1c2ccccc2-c2ccccc21. The zero-order valence-electron chi connectivity index (χ0n) is 16.2. The first-order valence-electron chi connectivity index (χ1n) is 9.67. The Labute approximate surface area is 174 Å². The summed E-state index contributed by atoms with van der Waals surface area (Å²) in [6, 6.07) is 24.7. The van der Waals surface area contributed by atoms with Crippen molar-refractivity contribution in [3.05, 3.63) is 90.0 Å². The van der Waals surface area contributed by atoms with E-state index in [9.17, 15) is 14.7 Å². The van der Waals surface area contributed by atoms with Gasteiger partial charge in [0.1, 0.15) is 12.4 Å².